The maximum absolute atomic E-state index is 13.5. The number of aliphatic hydroxyl groups excluding tert-OH is 1. The molecule has 2 aromatic carbocycles. The summed E-state index contributed by atoms with van der Waals surface area (Å²) in [6.07, 6.45) is 2.23. The predicted octanol–water partition coefficient (Wildman–Crippen LogP) is 4.34. The summed E-state index contributed by atoms with van der Waals surface area (Å²) in [6, 6.07) is 15.2. The highest BCUT2D eigenvalue weighted by molar-refractivity contribution is 5.89. The minimum Gasteiger partial charge on any atom is -0.497 e. The lowest BCUT2D eigenvalue weighted by molar-refractivity contribution is -0.138. The van der Waals surface area contributed by atoms with Gasteiger partial charge in [0.25, 0.3) is 0 Å². The van der Waals surface area contributed by atoms with Gasteiger partial charge in [-0.2, -0.15) is 0 Å². The Labute approximate surface area is 190 Å². The number of hydrogen-bond donors (Lipinski definition) is 3. The average molecular weight is 439 g/mol. The molecule has 1 fully saturated rings. The lowest BCUT2D eigenvalue weighted by Gasteiger charge is -2.41. The molecule has 0 saturated heterocycles. The van der Waals surface area contributed by atoms with E-state index in [2.05, 4.69) is 31.6 Å². The van der Waals surface area contributed by atoms with Gasteiger partial charge in [0.1, 0.15) is 12.0 Å². The van der Waals surface area contributed by atoms with E-state index < -0.39 is 17.4 Å². The second kappa shape index (κ2) is 9.74. The average Bonchev–Trinajstić information content (AvgIpc) is 2.79. The van der Waals surface area contributed by atoms with E-state index >= 15 is 0 Å². The Morgan fingerprint density at radius 1 is 1.09 bits per heavy atom. The van der Waals surface area contributed by atoms with Crippen molar-refractivity contribution in [2.24, 2.45) is 5.41 Å². The smallest absolute Gasteiger partial charge is 0.245 e. The Kier molecular flexibility index (Phi) is 7.24. The first-order valence-corrected chi connectivity index (χ1v) is 11.1. The number of carbonyl (C=O) groups is 2. The maximum Gasteiger partial charge on any atom is 0.245 e. The number of amides is 1. The van der Waals surface area contributed by atoms with Crippen molar-refractivity contribution >= 4 is 17.9 Å². The van der Waals surface area contributed by atoms with Gasteiger partial charge in [0.15, 0.2) is 0 Å². The van der Waals surface area contributed by atoms with Gasteiger partial charge in [-0.1, -0.05) is 45.0 Å². The second-order valence-electron chi connectivity index (χ2n) is 9.68. The topological polar surface area (TPSA) is 87.7 Å². The number of methoxy groups -OCH3 is 1. The summed E-state index contributed by atoms with van der Waals surface area (Å²) in [5.41, 5.74) is 7.69. The zero-order valence-corrected chi connectivity index (χ0v) is 19.4. The van der Waals surface area contributed by atoms with E-state index in [-0.39, 0.29) is 11.3 Å². The monoisotopic (exact) mass is 438 g/mol. The van der Waals surface area contributed by atoms with Crippen LogP contribution in [-0.4, -0.2) is 30.5 Å². The van der Waals surface area contributed by atoms with Crippen LogP contribution in [0, 0.1) is 5.41 Å². The molecule has 1 unspecified atom stereocenters. The molecule has 0 aromatic heterocycles. The van der Waals surface area contributed by atoms with Crippen LogP contribution in [-0.2, 0) is 15.0 Å². The van der Waals surface area contributed by atoms with Gasteiger partial charge in [0, 0.05) is 0 Å². The van der Waals surface area contributed by atoms with Crippen molar-refractivity contribution in [2.75, 3.05) is 12.5 Å². The lowest BCUT2D eigenvalue weighted by atomic mass is 9.63. The van der Waals surface area contributed by atoms with Gasteiger partial charge in [0.2, 0.25) is 5.91 Å². The molecule has 1 amide bonds. The molecule has 6 nitrogen and oxygen atoms in total. The SMILES string of the molecule is COc1ccc(C(C=O)C2(C(=O)NNc3ccc(C(C)(C)C)cc3)CCC(O)CC2)cc1. The van der Waals surface area contributed by atoms with Crippen LogP contribution in [0.4, 0.5) is 5.69 Å². The number of aliphatic hydroxyl groups is 1. The van der Waals surface area contributed by atoms with E-state index in [1.54, 1.807) is 19.2 Å². The van der Waals surface area contributed by atoms with Crippen LogP contribution in [0.25, 0.3) is 0 Å². The van der Waals surface area contributed by atoms with Gasteiger partial charge in [0.05, 0.1) is 30.2 Å². The highest BCUT2D eigenvalue weighted by atomic mass is 16.5. The number of rotatable bonds is 7. The Morgan fingerprint density at radius 2 is 1.69 bits per heavy atom. The molecule has 1 aliphatic carbocycles. The van der Waals surface area contributed by atoms with E-state index in [1.165, 1.54) is 5.56 Å². The van der Waals surface area contributed by atoms with Crippen LogP contribution in [0.5, 0.6) is 5.75 Å². The molecule has 1 atom stereocenters. The third-order valence-corrected chi connectivity index (χ3v) is 6.58. The van der Waals surface area contributed by atoms with Gasteiger partial charge < -0.3 is 14.6 Å². The molecule has 0 heterocycles. The van der Waals surface area contributed by atoms with Crippen molar-refractivity contribution in [3.05, 3.63) is 59.7 Å². The zero-order chi connectivity index (χ0) is 23.4. The van der Waals surface area contributed by atoms with Crippen molar-refractivity contribution in [2.45, 2.75) is 63.9 Å². The number of hydrogen-bond acceptors (Lipinski definition) is 5. The molecular weight excluding hydrogens is 404 g/mol. The highest BCUT2D eigenvalue weighted by Gasteiger charge is 2.48. The molecule has 1 aliphatic rings. The molecule has 3 rings (SSSR count). The summed E-state index contributed by atoms with van der Waals surface area (Å²) >= 11 is 0. The van der Waals surface area contributed by atoms with Crippen molar-refractivity contribution < 1.29 is 19.4 Å². The van der Waals surface area contributed by atoms with E-state index in [1.807, 2.05) is 36.4 Å². The highest BCUT2D eigenvalue weighted by Crippen LogP contribution is 2.47. The number of ether oxygens (including phenoxy) is 1. The van der Waals surface area contributed by atoms with Crippen molar-refractivity contribution in [3.63, 3.8) is 0 Å². The molecule has 0 bridgehead atoms. The van der Waals surface area contributed by atoms with Gasteiger partial charge >= 0.3 is 0 Å². The summed E-state index contributed by atoms with van der Waals surface area (Å²) in [6.45, 7) is 6.45. The van der Waals surface area contributed by atoms with Crippen LogP contribution >= 0.6 is 0 Å². The molecule has 1 saturated carbocycles. The summed E-state index contributed by atoms with van der Waals surface area (Å²) in [5.74, 6) is -0.167. The molecule has 172 valence electrons. The first-order chi connectivity index (χ1) is 15.2. The van der Waals surface area contributed by atoms with Crippen LogP contribution in [0.2, 0.25) is 0 Å². The van der Waals surface area contributed by atoms with Crippen LogP contribution in [0.15, 0.2) is 48.5 Å². The van der Waals surface area contributed by atoms with Crippen molar-refractivity contribution in [1.82, 2.24) is 5.43 Å². The Balaban J connectivity index is 1.82. The minimum atomic E-state index is -0.937. The normalized spacial score (nSPS) is 22.0. The molecule has 6 heteroatoms. The second-order valence-corrected chi connectivity index (χ2v) is 9.68. The number of anilines is 1. The van der Waals surface area contributed by atoms with Crippen LogP contribution in [0.3, 0.4) is 0 Å². The van der Waals surface area contributed by atoms with E-state index in [0.717, 1.165) is 17.5 Å². The molecule has 0 aliphatic heterocycles. The molecule has 2 aromatic rings. The number of carbonyl (C=O) groups excluding carboxylic acids is 2. The van der Waals surface area contributed by atoms with Crippen molar-refractivity contribution in [1.29, 1.82) is 0 Å². The third-order valence-electron chi connectivity index (χ3n) is 6.58. The standard InChI is InChI=1S/C26H34N2O4/c1-25(2,3)19-7-9-20(10-8-19)27-28-24(31)26(15-13-21(30)14-16-26)23(17-29)18-5-11-22(32-4)12-6-18/h5-12,17,21,23,27,30H,13-16H2,1-4H3,(H,28,31). The predicted molar refractivity (Wildman–Crippen MR) is 126 cm³/mol. The van der Waals surface area contributed by atoms with Crippen molar-refractivity contribution in [3.8, 4) is 5.75 Å². The maximum atomic E-state index is 13.5. The van der Waals surface area contributed by atoms with Gasteiger partial charge in [-0.25, -0.2) is 0 Å². The van der Waals surface area contributed by atoms with Gasteiger partial charge in [-0.15, -0.1) is 0 Å². The minimum absolute atomic E-state index is 0.0459. The summed E-state index contributed by atoms with van der Waals surface area (Å²) in [7, 11) is 1.59. The van der Waals surface area contributed by atoms with E-state index in [0.29, 0.717) is 31.4 Å². The number of hydrazine groups is 1. The lowest BCUT2D eigenvalue weighted by Crippen LogP contribution is -2.50. The molecular formula is C26H34N2O4. The third kappa shape index (κ3) is 5.13. The van der Waals surface area contributed by atoms with Gasteiger partial charge in [-0.05, 0) is 66.5 Å². The fraction of sp³-hybridized carbons (Fsp3) is 0.462. The first kappa shape index (κ1) is 23.8. The molecule has 32 heavy (non-hydrogen) atoms. The Bertz CT molecular complexity index is 908. The fourth-order valence-corrected chi connectivity index (χ4v) is 4.44. The molecule has 3 N–H and O–H groups in total. The summed E-state index contributed by atoms with van der Waals surface area (Å²) in [5, 5.41) is 10.1. The number of benzene rings is 2. The van der Waals surface area contributed by atoms with E-state index in [9.17, 15) is 14.7 Å². The van der Waals surface area contributed by atoms with E-state index in [4.69, 9.17) is 4.74 Å². The molecule has 0 radical (unpaired) electrons. The number of aldehydes is 1. The quantitative estimate of drug-likeness (QED) is 0.442. The Hall–Kier alpha value is -2.86. The summed E-state index contributed by atoms with van der Waals surface area (Å²) < 4.78 is 5.22. The summed E-state index contributed by atoms with van der Waals surface area (Å²) in [4.78, 5) is 25.7. The van der Waals surface area contributed by atoms with Gasteiger partial charge in [-0.3, -0.25) is 15.6 Å². The van der Waals surface area contributed by atoms with Crippen LogP contribution < -0.4 is 15.6 Å². The Morgan fingerprint density at radius 3 is 2.19 bits per heavy atom. The van der Waals surface area contributed by atoms with Crippen LogP contribution in [0.1, 0.15) is 63.5 Å². The number of nitrogens with one attached hydrogen (secondary N) is 2. The largest absolute Gasteiger partial charge is 0.497 e. The molecule has 0 spiro atoms. The fourth-order valence-electron chi connectivity index (χ4n) is 4.44. The zero-order valence-electron chi connectivity index (χ0n) is 19.4. The first-order valence-electron chi connectivity index (χ1n) is 11.1.